The van der Waals surface area contributed by atoms with E-state index in [-0.39, 0.29) is 6.10 Å². The normalized spacial score (nSPS) is 13.4. The van der Waals surface area contributed by atoms with Crippen LogP contribution in [0.25, 0.3) is 30.3 Å². The van der Waals surface area contributed by atoms with Crippen LogP contribution in [-0.4, -0.2) is 13.9 Å². The van der Waals surface area contributed by atoms with Crippen LogP contribution in [0.5, 0.6) is 0 Å². The van der Waals surface area contributed by atoms with Crippen LogP contribution in [0.2, 0.25) is 0 Å². The van der Waals surface area contributed by atoms with Crippen LogP contribution in [0.4, 0.5) is 0 Å². The van der Waals surface area contributed by atoms with Gasteiger partial charge in [0, 0.05) is 42.2 Å². The van der Waals surface area contributed by atoms with Crippen LogP contribution in [0, 0.1) is 0 Å². The fourth-order valence-electron chi connectivity index (χ4n) is 2.81. The van der Waals surface area contributed by atoms with Crippen LogP contribution in [0.15, 0.2) is 42.5 Å². The number of hydrogen-bond acceptors (Lipinski definition) is 4. The number of fused-ring (bicyclic) bond motifs is 5. The van der Waals surface area contributed by atoms with Crippen molar-refractivity contribution < 1.29 is 9.47 Å². The highest BCUT2D eigenvalue weighted by Gasteiger charge is 2.14. The molecule has 0 radical (unpaired) electrons. The standard InChI is InChI=1S/C18H16O2S2/c1-11(20-10-19-2)17-9-13-15(22-17)7-8-16-18(13)12-5-3-4-6-14(12)21-16/h3-9,11H,10H2,1-2H3. The number of ether oxygens (including phenoxy) is 2. The second-order valence-corrected chi connectivity index (χ2v) is 7.51. The van der Waals surface area contributed by atoms with Gasteiger partial charge in [0.2, 0.25) is 0 Å². The van der Waals surface area contributed by atoms with Crippen molar-refractivity contribution in [3.05, 3.63) is 47.3 Å². The molecule has 0 aliphatic carbocycles. The van der Waals surface area contributed by atoms with Gasteiger partial charge in [-0.05, 0) is 31.2 Å². The molecule has 0 aliphatic rings. The fourth-order valence-corrected chi connectivity index (χ4v) is 5.00. The zero-order valence-corrected chi connectivity index (χ0v) is 14.1. The zero-order valence-electron chi connectivity index (χ0n) is 12.5. The number of rotatable bonds is 4. The molecular formula is C18H16O2S2. The van der Waals surface area contributed by atoms with E-state index in [2.05, 4.69) is 49.4 Å². The van der Waals surface area contributed by atoms with Gasteiger partial charge in [-0.15, -0.1) is 22.7 Å². The van der Waals surface area contributed by atoms with E-state index in [4.69, 9.17) is 9.47 Å². The summed E-state index contributed by atoms with van der Waals surface area (Å²) in [7, 11) is 1.65. The van der Waals surface area contributed by atoms with Crippen LogP contribution in [0.1, 0.15) is 17.9 Å². The highest BCUT2D eigenvalue weighted by molar-refractivity contribution is 7.26. The predicted molar refractivity (Wildman–Crippen MR) is 96.1 cm³/mol. The Morgan fingerprint density at radius 3 is 2.59 bits per heavy atom. The average Bonchev–Trinajstić information content (AvgIpc) is 3.12. The van der Waals surface area contributed by atoms with Gasteiger partial charge in [0.05, 0.1) is 6.10 Å². The third kappa shape index (κ3) is 2.23. The fraction of sp³-hybridized carbons (Fsp3) is 0.222. The molecule has 0 amide bonds. The van der Waals surface area contributed by atoms with Crippen molar-refractivity contribution >= 4 is 52.9 Å². The molecule has 2 nitrogen and oxygen atoms in total. The summed E-state index contributed by atoms with van der Waals surface area (Å²) in [5, 5.41) is 4.06. The Balaban J connectivity index is 1.93. The minimum absolute atomic E-state index is 0.0531. The Hall–Kier alpha value is -1.46. The molecule has 0 spiro atoms. The SMILES string of the molecule is COCOC(C)c1cc2c(ccc3sc4ccccc4c32)s1. The van der Waals surface area contributed by atoms with Crippen molar-refractivity contribution in [2.24, 2.45) is 0 Å². The predicted octanol–water partition coefficient (Wildman–Crippen LogP) is 5.95. The average molecular weight is 328 g/mol. The first-order valence-electron chi connectivity index (χ1n) is 7.22. The summed E-state index contributed by atoms with van der Waals surface area (Å²) < 4.78 is 14.7. The molecule has 1 atom stereocenters. The quantitative estimate of drug-likeness (QED) is 0.431. The van der Waals surface area contributed by atoms with Gasteiger partial charge in [-0.2, -0.15) is 0 Å². The van der Waals surface area contributed by atoms with E-state index in [0.29, 0.717) is 6.79 Å². The number of hydrogen-bond donors (Lipinski definition) is 0. The van der Waals surface area contributed by atoms with E-state index < -0.39 is 0 Å². The van der Waals surface area contributed by atoms with Gasteiger partial charge in [0.15, 0.2) is 0 Å². The molecule has 0 aliphatic heterocycles. The Kier molecular flexibility index (Phi) is 3.62. The number of benzene rings is 2. The Bertz CT molecular complexity index is 952. The molecule has 0 N–H and O–H groups in total. The second-order valence-electron chi connectivity index (χ2n) is 5.31. The number of thiophene rings is 2. The molecule has 2 aromatic heterocycles. The van der Waals surface area contributed by atoms with Crippen molar-refractivity contribution in [2.75, 3.05) is 13.9 Å². The van der Waals surface area contributed by atoms with E-state index in [1.165, 1.54) is 35.1 Å². The lowest BCUT2D eigenvalue weighted by Gasteiger charge is -2.09. The molecule has 0 bridgehead atoms. The van der Waals surface area contributed by atoms with Crippen molar-refractivity contribution in [3.8, 4) is 0 Å². The van der Waals surface area contributed by atoms with E-state index in [0.717, 1.165) is 0 Å². The monoisotopic (exact) mass is 328 g/mol. The molecule has 4 aromatic rings. The smallest absolute Gasteiger partial charge is 0.147 e. The minimum atomic E-state index is 0.0531. The van der Waals surface area contributed by atoms with Gasteiger partial charge in [0.1, 0.15) is 6.79 Å². The largest absolute Gasteiger partial charge is 0.359 e. The lowest BCUT2D eigenvalue weighted by atomic mass is 10.1. The first kappa shape index (κ1) is 14.2. The summed E-state index contributed by atoms with van der Waals surface area (Å²) in [5.41, 5.74) is 0. The van der Waals surface area contributed by atoms with Gasteiger partial charge in [-0.3, -0.25) is 0 Å². The van der Waals surface area contributed by atoms with E-state index in [1.54, 1.807) is 18.4 Å². The summed E-state index contributed by atoms with van der Waals surface area (Å²) in [4.78, 5) is 1.25. The zero-order chi connectivity index (χ0) is 15.1. The van der Waals surface area contributed by atoms with Gasteiger partial charge < -0.3 is 9.47 Å². The van der Waals surface area contributed by atoms with E-state index in [1.807, 2.05) is 11.3 Å². The van der Waals surface area contributed by atoms with E-state index in [9.17, 15) is 0 Å². The third-order valence-corrected chi connectivity index (χ3v) is 6.29. The lowest BCUT2D eigenvalue weighted by molar-refractivity contribution is -0.0654. The third-order valence-electron chi connectivity index (χ3n) is 3.89. The van der Waals surface area contributed by atoms with Crippen LogP contribution in [0.3, 0.4) is 0 Å². The lowest BCUT2D eigenvalue weighted by Crippen LogP contribution is -2.00. The molecule has 0 saturated heterocycles. The summed E-state index contributed by atoms with van der Waals surface area (Å²) >= 11 is 3.67. The summed E-state index contributed by atoms with van der Waals surface area (Å²) in [6.07, 6.45) is 0.0531. The summed E-state index contributed by atoms with van der Waals surface area (Å²) in [5.74, 6) is 0. The van der Waals surface area contributed by atoms with Crippen LogP contribution < -0.4 is 0 Å². The van der Waals surface area contributed by atoms with Gasteiger partial charge >= 0.3 is 0 Å². The molecule has 4 heteroatoms. The molecular weight excluding hydrogens is 312 g/mol. The topological polar surface area (TPSA) is 18.5 Å². The van der Waals surface area contributed by atoms with Gasteiger partial charge in [-0.25, -0.2) is 0 Å². The molecule has 2 aromatic carbocycles. The minimum Gasteiger partial charge on any atom is -0.359 e. The first-order valence-corrected chi connectivity index (χ1v) is 8.85. The van der Waals surface area contributed by atoms with Crippen LogP contribution >= 0.6 is 22.7 Å². The highest BCUT2D eigenvalue weighted by atomic mass is 32.1. The summed E-state index contributed by atoms with van der Waals surface area (Å²) in [6, 6.07) is 15.4. The Morgan fingerprint density at radius 2 is 1.73 bits per heavy atom. The van der Waals surface area contributed by atoms with Crippen molar-refractivity contribution in [1.29, 1.82) is 0 Å². The maximum atomic E-state index is 5.68. The molecule has 0 saturated carbocycles. The summed E-state index contributed by atoms with van der Waals surface area (Å²) in [6.45, 7) is 2.40. The first-order chi connectivity index (χ1) is 10.8. The maximum Gasteiger partial charge on any atom is 0.147 e. The highest BCUT2D eigenvalue weighted by Crippen LogP contribution is 2.42. The van der Waals surface area contributed by atoms with Crippen molar-refractivity contribution in [1.82, 2.24) is 0 Å². The Morgan fingerprint density at radius 1 is 0.955 bits per heavy atom. The van der Waals surface area contributed by atoms with Crippen molar-refractivity contribution in [3.63, 3.8) is 0 Å². The second kappa shape index (κ2) is 5.63. The molecule has 4 rings (SSSR count). The number of methoxy groups -OCH3 is 1. The molecule has 0 fully saturated rings. The van der Waals surface area contributed by atoms with Gasteiger partial charge in [0.25, 0.3) is 0 Å². The van der Waals surface area contributed by atoms with Crippen molar-refractivity contribution in [2.45, 2.75) is 13.0 Å². The Labute approximate surface area is 136 Å². The molecule has 22 heavy (non-hydrogen) atoms. The molecule has 1 unspecified atom stereocenters. The maximum absolute atomic E-state index is 5.68. The van der Waals surface area contributed by atoms with Gasteiger partial charge in [-0.1, -0.05) is 18.2 Å². The van der Waals surface area contributed by atoms with E-state index >= 15 is 0 Å². The molecule has 2 heterocycles. The molecule has 112 valence electrons. The van der Waals surface area contributed by atoms with Crippen LogP contribution in [-0.2, 0) is 9.47 Å².